The first-order valence-electron chi connectivity index (χ1n) is 6.25. The molecule has 0 aliphatic heterocycles. The lowest BCUT2D eigenvalue weighted by Gasteiger charge is -2.11. The van der Waals surface area contributed by atoms with Crippen LogP contribution in [0.1, 0.15) is 18.5 Å². The SMILES string of the molecule is Cc1nc(NCc2ccco2)cc(NCC(C)N)n1. The number of hydrogen-bond donors (Lipinski definition) is 3. The molecule has 0 radical (unpaired) electrons. The second kappa shape index (κ2) is 6.19. The van der Waals surface area contributed by atoms with Crippen molar-refractivity contribution >= 4 is 11.6 Å². The minimum absolute atomic E-state index is 0.0785. The minimum Gasteiger partial charge on any atom is -0.467 e. The molecule has 6 nitrogen and oxygen atoms in total. The normalized spacial score (nSPS) is 12.2. The third-order valence-corrected chi connectivity index (χ3v) is 2.47. The zero-order valence-corrected chi connectivity index (χ0v) is 11.2. The van der Waals surface area contributed by atoms with Crippen LogP contribution in [0.3, 0.4) is 0 Å². The summed E-state index contributed by atoms with van der Waals surface area (Å²) in [6.07, 6.45) is 1.65. The predicted octanol–water partition coefficient (Wildman–Crippen LogP) is 1.75. The highest BCUT2D eigenvalue weighted by Gasteiger charge is 2.03. The van der Waals surface area contributed by atoms with E-state index >= 15 is 0 Å². The fourth-order valence-corrected chi connectivity index (χ4v) is 1.61. The van der Waals surface area contributed by atoms with Gasteiger partial charge in [0.1, 0.15) is 23.2 Å². The molecule has 0 spiro atoms. The third kappa shape index (κ3) is 4.26. The van der Waals surface area contributed by atoms with E-state index in [1.807, 2.05) is 32.0 Å². The van der Waals surface area contributed by atoms with Crippen molar-refractivity contribution < 1.29 is 4.42 Å². The smallest absolute Gasteiger partial charge is 0.132 e. The lowest BCUT2D eigenvalue weighted by atomic mass is 10.3. The Morgan fingerprint density at radius 1 is 1.32 bits per heavy atom. The summed E-state index contributed by atoms with van der Waals surface area (Å²) in [4.78, 5) is 8.63. The molecule has 2 aromatic heterocycles. The summed E-state index contributed by atoms with van der Waals surface area (Å²) in [6.45, 7) is 5.07. The van der Waals surface area contributed by atoms with Gasteiger partial charge in [0.2, 0.25) is 0 Å². The second-order valence-electron chi connectivity index (χ2n) is 4.48. The quantitative estimate of drug-likeness (QED) is 0.734. The molecule has 1 atom stereocenters. The first kappa shape index (κ1) is 13.4. The summed E-state index contributed by atoms with van der Waals surface area (Å²) in [7, 11) is 0. The highest BCUT2D eigenvalue weighted by atomic mass is 16.3. The highest BCUT2D eigenvalue weighted by Crippen LogP contribution is 2.12. The van der Waals surface area contributed by atoms with Crippen molar-refractivity contribution in [2.75, 3.05) is 17.2 Å². The molecule has 102 valence electrons. The molecule has 0 saturated heterocycles. The van der Waals surface area contributed by atoms with Crippen LogP contribution in [0.15, 0.2) is 28.9 Å². The van der Waals surface area contributed by atoms with Crippen molar-refractivity contribution in [1.82, 2.24) is 9.97 Å². The maximum Gasteiger partial charge on any atom is 0.132 e. The van der Waals surface area contributed by atoms with Crippen LogP contribution >= 0.6 is 0 Å². The van der Waals surface area contributed by atoms with Crippen LogP contribution in [-0.2, 0) is 6.54 Å². The Bertz CT molecular complexity index is 510. The Morgan fingerprint density at radius 2 is 2.05 bits per heavy atom. The standard InChI is InChI=1S/C13H19N5O/c1-9(14)7-15-12-6-13(18-10(2)17-12)16-8-11-4-3-5-19-11/h3-6,9H,7-8,14H2,1-2H3,(H2,15,16,17,18). The van der Waals surface area contributed by atoms with Crippen molar-refractivity contribution in [2.24, 2.45) is 5.73 Å². The molecule has 0 saturated carbocycles. The molecular formula is C13H19N5O. The Kier molecular flexibility index (Phi) is 4.35. The van der Waals surface area contributed by atoms with Crippen LogP contribution in [0.2, 0.25) is 0 Å². The van der Waals surface area contributed by atoms with E-state index in [1.165, 1.54) is 0 Å². The maximum absolute atomic E-state index is 5.71. The number of nitrogens with one attached hydrogen (secondary N) is 2. The summed E-state index contributed by atoms with van der Waals surface area (Å²) in [5.74, 6) is 3.10. The Balaban J connectivity index is 1.99. The van der Waals surface area contributed by atoms with Crippen molar-refractivity contribution in [3.8, 4) is 0 Å². The molecule has 2 aromatic rings. The molecule has 0 aromatic carbocycles. The first-order valence-corrected chi connectivity index (χ1v) is 6.25. The number of rotatable bonds is 6. The fraction of sp³-hybridized carbons (Fsp3) is 0.385. The molecule has 0 amide bonds. The largest absolute Gasteiger partial charge is 0.467 e. The monoisotopic (exact) mass is 261 g/mol. The van der Waals surface area contributed by atoms with E-state index in [0.29, 0.717) is 18.9 Å². The summed E-state index contributed by atoms with van der Waals surface area (Å²) in [6, 6.07) is 5.71. The van der Waals surface area contributed by atoms with Gasteiger partial charge in [0, 0.05) is 18.7 Å². The summed E-state index contributed by atoms with van der Waals surface area (Å²) in [5.41, 5.74) is 5.71. The van der Waals surface area contributed by atoms with Crippen LogP contribution in [0.25, 0.3) is 0 Å². The Labute approximate surface area is 112 Å². The van der Waals surface area contributed by atoms with Gasteiger partial charge in [-0.3, -0.25) is 0 Å². The predicted molar refractivity (Wildman–Crippen MR) is 74.9 cm³/mol. The van der Waals surface area contributed by atoms with Gasteiger partial charge in [-0.2, -0.15) is 0 Å². The molecule has 4 N–H and O–H groups in total. The van der Waals surface area contributed by atoms with Gasteiger partial charge < -0.3 is 20.8 Å². The Morgan fingerprint density at radius 3 is 2.68 bits per heavy atom. The lowest BCUT2D eigenvalue weighted by Crippen LogP contribution is -2.25. The molecular weight excluding hydrogens is 242 g/mol. The lowest BCUT2D eigenvalue weighted by molar-refractivity contribution is 0.518. The zero-order chi connectivity index (χ0) is 13.7. The number of nitrogens with zero attached hydrogens (tertiary/aromatic N) is 2. The van der Waals surface area contributed by atoms with E-state index in [-0.39, 0.29) is 6.04 Å². The van der Waals surface area contributed by atoms with Gasteiger partial charge in [0.25, 0.3) is 0 Å². The van der Waals surface area contributed by atoms with Gasteiger partial charge in [0.15, 0.2) is 0 Å². The molecule has 2 rings (SSSR count). The van der Waals surface area contributed by atoms with E-state index in [2.05, 4.69) is 20.6 Å². The summed E-state index contributed by atoms with van der Waals surface area (Å²) >= 11 is 0. The van der Waals surface area contributed by atoms with E-state index in [1.54, 1.807) is 6.26 Å². The van der Waals surface area contributed by atoms with Crippen LogP contribution in [-0.4, -0.2) is 22.6 Å². The molecule has 1 unspecified atom stereocenters. The third-order valence-electron chi connectivity index (χ3n) is 2.47. The van der Waals surface area contributed by atoms with Gasteiger partial charge in [-0.1, -0.05) is 0 Å². The summed E-state index contributed by atoms with van der Waals surface area (Å²) < 4.78 is 5.26. The number of nitrogens with two attached hydrogens (primary N) is 1. The first-order chi connectivity index (χ1) is 9.13. The van der Waals surface area contributed by atoms with Crippen LogP contribution in [0.4, 0.5) is 11.6 Å². The van der Waals surface area contributed by atoms with E-state index in [9.17, 15) is 0 Å². The number of aryl methyl sites for hydroxylation is 1. The molecule has 0 aliphatic carbocycles. The maximum atomic E-state index is 5.71. The minimum atomic E-state index is 0.0785. The van der Waals surface area contributed by atoms with Crippen LogP contribution in [0.5, 0.6) is 0 Å². The van der Waals surface area contributed by atoms with Crippen molar-refractivity contribution in [3.63, 3.8) is 0 Å². The highest BCUT2D eigenvalue weighted by molar-refractivity contribution is 5.47. The van der Waals surface area contributed by atoms with Crippen molar-refractivity contribution in [2.45, 2.75) is 26.4 Å². The number of furan rings is 1. The van der Waals surface area contributed by atoms with Gasteiger partial charge >= 0.3 is 0 Å². The summed E-state index contributed by atoms with van der Waals surface area (Å²) in [5, 5.41) is 6.38. The number of hydrogen-bond acceptors (Lipinski definition) is 6. The number of anilines is 2. The van der Waals surface area contributed by atoms with Crippen molar-refractivity contribution in [3.05, 3.63) is 36.0 Å². The van der Waals surface area contributed by atoms with Crippen LogP contribution < -0.4 is 16.4 Å². The molecule has 0 bridgehead atoms. The zero-order valence-electron chi connectivity index (χ0n) is 11.2. The van der Waals surface area contributed by atoms with Gasteiger partial charge in [-0.05, 0) is 26.0 Å². The van der Waals surface area contributed by atoms with Crippen LogP contribution in [0, 0.1) is 6.92 Å². The number of aromatic nitrogens is 2. The van der Waals surface area contributed by atoms with E-state index < -0.39 is 0 Å². The second-order valence-corrected chi connectivity index (χ2v) is 4.48. The average Bonchev–Trinajstić information content (AvgIpc) is 2.86. The molecule has 0 aliphatic rings. The van der Waals surface area contributed by atoms with Crippen molar-refractivity contribution in [1.29, 1.82) is 0 Å². The Hall–Kier alpha value is -2.08. The van der Waals surface area contributed by atoms with Gasteiger partial charge in [-0.25, -0.2) is 9.97 Å². The van der Waals surface area contributed by atoms with Gasteiger partial charge in [0.05, 0.1) is 12.8 Å². The molecule has 2 heterocycles. The molecule has 6 heteroatoms. The topological polar surface area (TPSA) is 89.0 Å². The van der Waals surface area contributed by atoms with Gasteiger partial charge in [-0.15, -0.1) is 0 Å². The van der Waals surface area contributed by atoms with E-state index in [0.717, 1.165) is 17.4 Å². The molecule has 19 heavy (non-hydrogen) atoms. The molecule has 0 fully saturated rings. The van der Waals surface area contributed by atoms with E-state index in [4.69, 9.17) is 10.2 Å². The average molecular weight is 261 g/mol. The fourth-order valence-electron chi connectivity index (χ4n) is 1.61.